The number of carbonyl (C=O) groups excluding carboxylic acids is 1. The van der Waals surface area contributed by atoms with E-state index in [-0.39, 0.29) is 5.78 Å². The SMILES string of the molecule is CC(=O)/C=C1/CCSc2ccccc21. The van der Waals surface area contributed by atoms with Gasteiger partial charge in [0.1, 0.15) is 0 Å². The fraction of sp³-hybridized carbons (Fsp3) is 0.250. The second-order valence-corrected chi connectivity index (χ2v) is 4.51. The molecule has 0 bridgehead atoms. The van der Waals surface area contributed by atoms with Crippen molar-refractivity contribution in [2.45, 2.75) is 18.2 Å². The van der Waals surface area contributed by atoms with Crippen molar-refractivity contribution < 1.29 is 4.79 Å². The van der Waals surface area contributed by atoms with E-state index < -0.39 is 0 Å². The van der Waals surface area contributed by atoms with Crippen LogP contribution in [0.4, 0.5) is 0 Å². The highest BCUT2D eigenvalue weighted by Gasteiger charge is 2.13. The Hall–Kier alpha value is -1.02. The van der Waals surface area contributed by atoms with Gasteiger partial charge >= 0.3 is 0 Å². The average molecular weight is 204 g/mol. The molecule has 1 aliphatic heterocycles. The van der Waals surface area contributed by atoms with Crippen LogP contribution in [0.1, 0.15) is 18.9 Å². The summed E-state index contributed by atoms with van der Waals surface area (Å²) in [5.41, 5.74) is 2.42. The summed E-state index contributed by atoms with van der Waals surface area (Å²) in [6, 6.07) is 8.28. The lowest BCUT2D eigenvalue weighted by atomic mass is 10.0. The van der Waals surface area contributed by atoms with Crippen LogP contribution in [0.2, 0.25) is 0 Å². The molecule has 2 rings (SSSR count). The van der Waals surface area contributed by atoms with Crippen LogP contribution in [0.5, 0.6) is 0 Å². The second-order valence-electron chi connectivity index (χ2n) is 3.37. The Bertz CT molecular complexity index is 393. The number of allylic oxidation sites excluding steroid dienone is 2. The van der Waals surface area contributed by atoms with Gasteiger partial charge in [-0.2, -0.15) is 0 Å². The third-order valence-electron chi connectivity index (χ3n) is 2.24. The fourth-order valence-electron chi connectivity index (χ4n) is 1.66. The number of hydrogen-bond acceptors (Lipinski definition) is 2. The molecule has 72 valence electrons. The Morgan fingerprint density at radius 2 is 2.21 bits per heavy atom. The van der Waals surface area contributed by atoms with E-state index in [1.165, 1.54) is 16.0 Å². The Morgan fingerprint density at radius 1 is 1.43 bits per heavy atom. The minimum atomic E-state index is 0.140. The number of benzene rings is 1. The summed E-state index contributed by atoms with van der Waals surface area (Å²) in [6.07, 6.45) is 2.76. The molecule has 0 saturated carbocycles. The van der Waals surface area contributed by atoms with Crippen LogP contribution in [-0.2, 0) is 4.79 Å². The van der Waals surface area contributed by atoms with Crippen molar-refractivity contribution in [2.24, 2.45) is 0 Å². The largest absolute Gasteiger partial charge is 0.295 e. The predicted molar refractivity (Wildman–Crippen MR) is 60.4 cm³/mol. The fourth-order valence-corrected chi connectivity index (χ4v) is 2.73. The molecule has 0 unspecified atom stereocenters. The molecular formula is C12H12OS. The molecule has 1 aliphatic rings. The van der Waals surface area contributed by atoms with E-state index in [9.17, 15) is 4.79 Å². The molecule has 0 fully saturated rings. The van der Waals surface area contributed by atoms with E-state index in [1.54, 1.807) is 13.0 Å². The molecule has 1 heterocycles. The van der Waals surface area contributed by atoms with Gasteiger partial charge in [0.25, 0.3) is 0 Å². The second kappa shape index (κ2) is 4.01. The zero-order valence-electron chi connectivity index (χ0n) is 8.12. The highest BCUT2D eigenvalue weighted by atomic mass is 32.2. The summed E-state index contributed by atoms with van der Waals surface area (Å²) >= 11 is 1.87. The standard InChI is InChI=1S/C12H12OS/c1-9(13)8-10-6-7-14-12-5-3-2-4-11(10)12/h2-5,8H,6-7H2,1H3/b10-8-. The molecule has 0 amide bonds. The summed E-state index contributed by atoms with van der Waals surface area (Å²) in [4.78, 5) is 12.3. The minimum Gasteiger partial charge on any atom is -0.295 e. The summed E-state index contributed by atoms with van der Waals surface area (Å²) in [7, 11) is 0. The molecular weight excluding hydrogens is 192 g/mol. The third-order valence-corrected chi connectivity index (χ3v) is 3.31. The molecule has 1 aromatic rings. The van der Waals surface area contributed by atoms with Gasteiger partial charge in [0, 0.05) is 10.6 Å². The van der Waals surface area contributed by atoms with E-state index in [0.717, 1.165) is 12.2 Å². The quantitative estimate of drug-likeness (QED) is 0.654. The maximum absolute atomic E-state index is 11.0. The smallest absolute Gasteiger partial charge is 0.152 e. The Morgan fingerprint density at radius 3 is 3.00 bits per heavy atom. The van der Waals surface area contributed by atoms with E-state index in [1.807, 2.05) is 23.9 Å². The van der Waals surface area contributed by atoms with Crippen LogP contribution in [0, 0.1) is 0 Å². The maximum Gasteiger partial charge on any atom is 0.152 e. The van der Waals surface area contributed by atoms with E-state index in [2.05, 4.69) is 12.1 Å². The van der Waals surface area contributed by atoms with Crippen molar-refractivity contribution in [3.63, 3.8) is 0 Å². The van der Waals surface area contributed by atoms with Crippen molar-refractivity contribution in [3.05, 3.63) is 35.9 Å². The van der Waals surface area contributed by atoms with Crippen LogP contribution in [0.3, 0.4) is 0 Å². The van der Waals surface area contributed by atoms with Crippen molar-refractivity contribution in [1.82, 2.24) is 0 Å². The molecule has 0 N–H and O–H groups in total. The molecule has 0 spiro atoms. The van der Waals surface area contributed by atoms with E-state index >= 15 is 0 Å². The number of fused-ring (bicyclic) bond motifs is 1. The van der Waals surface area contributed by atoms with E-state index in [0.29, 0.717) is 0 Å². The van der Waals surface area contributed by atoms with Crippen molar-refractivity contribution >= 4 is 23.1 Å². The van der Waals surface area contributed by atoms with Gasteiger partial charge in [-0.3, -0.25) is 4.79 Å². The van der Waals surface area contributed by atoms with Crippen LogP contribution >= 0.6 is 11.8 Å². The predicted octanol–water partition coefficient (Wildman–Crippen LogP) is 3.15. The zero-order chi connectivity index (χ0) is 9.97. The monoisotopic (exact) mass is 204 g/mol. The van der Waals surface area contributed by atoms with Gasteiger partial charge in [-0.25, -0.2) is 0 Å². The molecule has 14 heavy (non-hydrogen) atoms. The molecule has 1 aromatic carbocycles. The Kier molecular flexibility index (Phi) is 2.73. The summed E-state index contributed by atoms with van der Waals surface area (Å²) < 4.78 is 0. The number of carbonyl (C=O) groups is 1. The third kappa shape index (κ3) is 1.90. The van der Waals surface area contributed by atoms with Crippen LogP contribution < -0.4 is 0 Å². The molecule has 0 aromatic heterocycles. The molecule has 0 aliphatic carbocycles. The van der Waals surface area contributed by atoms with Crippen LogP contribution in [-0.4, -0.2) is 11.5 Å². The first kappa shape index (κ1) is 9.53. The van der Waals surface area contributed by atoms with Crippen molar-refractivity contribution in [2.75, 3.05) is 5.75 Å². The van der Waals surface area contributed by atoms with Gasteiger partial charge in [-0.15, -0.1) is 11.8 Å². The lowest BCUT2D eigenvalue weighted by Gasteiger charge is -2.17. The molecule has 0 radical (unpaired) electrons. The normalized spacial score (nSPS) is 17.9. The topological polar surface area (TPSA) is 17.1 Å². The first-order valence-corrected chi connectivity index (χ1v) is 5.69. The van der Waals surface area contributed by atoms with Crippen molar-refractivity contribution in [3.8, 4) is 0 Å². The van der Waals surface area contributed by atoms with Crippen molar-refractivity contribution in [1.29, 1.82) is 0 Å². The number of hydrogen-bond donors (Lipinski definition) is 0. The highest BCUT2D eigenvalue weighted by Crippen LogP contribution is 2.36. The van der Waals surface area contributed by atoms with Gasteiger partial charge in [0.05, 0.1) is 0 Å². The lowest BCUT2D eigenvalue weighted by molar-refractivity contribution is -0.112. The molecule has 1 nitrogen and oxygen atoms in total. The lowest BCUT2D eigenvalue weighted by Crippen LogP contribution is -1.99. The molecule has 0 atom stereocenters. The number of ketones is 1. The van der Waals surface area contributed by atoms with Gasteiger partial charge in [-0.05, 0) is 36.6 Å². The van der Waals surface area contributed by atoms with Gasteiger partial charge in [0.15, 0.2) is 5.78 Å². The molecule has 2 heteroatoms. The number of thioether (sulfide) groups is 1. The zero-order valence-corrected chi connectivity index (χ0v) is 8.93. The van der Waals surface area contributed by atoms with Crippen LogP contribution in [0.25, 0.3) is 5.57 Å². The van der Waals surface area contributed by atoms with E-state index in [4.69, 9.17) is 0 Å². The average Bonchev–Trinajstić information content (AvgIpc) is 2.18. The van der Waals surface area contributed by atoms with Gasteiger partial charge in [-0.1, -0.05) is 18.2 Å². The summed E-state index contributed by atoms with van der Waals surface area (Å²) in [6.45, 7) is 1.61. The number of rotatable bonds is 1. The first-order chi connectivity index (χ1) is 6.77. The van der Waals surface area contributed by atoms with Crippen LogP contribution in [0.15, 0.2) is 35.2 Å². The Labute approximate surface area is 88.2 Å². The van der Waals surface area contributed by atoms with Gasteiger partial charge < -0.3 is 0 Å². The summed E-state index contributed by atoms with van der Waals surface area (Å²) in [5, 5.41) is 0. The maximum atomic E-state index is 11.0. The Balaban J connectivity index is 2.45. The summed E-state index contributed by atoms with van der Waals surface area (Å²) in [5.74, 6) is 1.22. The minimum absolute atomic E-state index is 0.140. The highest BCUT2D eigenvalue weighted by molar-refractivity contribution is 7.99. The molecule has 0 saturated heterocycles. The first-order valence-electron chi connectivity index (χ1n) is 4.71. The van der Waals surface area contributed by atoms with Gasteiger partial charge in [0.2, 0.25) is 0 Å².